The van der Waals surface area contributed by atoms with Crippen molar-refractivity contribution in [1.29, 1.82) is 0 Å². The lowest BCUT2D eigenvalue weighted by Crippen LogP contribution is -2.24. The minimum atomic E-state index is -0.132. The van der Waals surface area contributed by atoms with Gasteiger partial charge in [0.05, 0.1) is 12.3 Å². The number of hydrogen-bond donors (Lipinski definition) is 1. The highest BCUT2D eigenvalue weighted by molar-refractivity contribution is 5.61. The molecule has 1 unspecified atom stereocenters. The Morgan fingerprint density at radius 2 is 1.86 bits per heavy atom. The van der Waals surface area contributed by atoms with Crippen LogP contribution in [0.3, 0.4) is 0 Å². The van der Waals surface area contributed by atoms with Crippen molar-refractivity contribution in [3.63, 3.8) is 0 Å². The van der Waals surface area contributed by atoms with Gasteiger partial charge in [0, 0.05) is 24.1 Å². The van der Waals surface area contributed by atoms with Gasteiger partial charge in [-0.1, -0.05) is 37.3 Å². The van der Waals surface area contributed by atoms with E-state index in [0.29, 0.717) is 6.61 Å². The van der Waals surface area contributed by atoms with Crippen LogP contribution in [-0.4, -0.2) is 23.3 Å². The molecule has 1 aromatic carbocycles. The Hall–Kier alpha value is -1.81. The highest BCUT2D eigenvalue weighted by Crippen LogP contribution is 2.34. The van der Waals surface area contributed by atoms with Crippen LogP contribution in [0, 0.1) is 0 Å². The molecule has 0 radical (unpaired) electrons. The molecule has 2 rings (SSSR count). The normalized spacial score (nSPS) is 13.4. The van der Waals surface area contributed by atoms with Gasteiger partial charge in [0.2, 0.25) is 0 Å². The van der Waals surface area contributed by atoms with Crippen molar-refractivity contribution >= 4 is 5.82 Å². The maximum atomic E-state index is 6.40. The lowest BCUT2D eigenvalue weighted by atomic mass is 10.1. The van der Waals surface area contributed by atoms with Crippen molar-refractivity contribution in [3.05, 3.63) is 36.0 Å². The van der Waals surface area contributed by atoms with Crippen LogP contribution in [-0.2, 0) is 10.3 Å². The van der Waals surface area contributed by atoms with Crippen molar-refractivity contribution in [2.24, 2.45) is 0 Å². The number of nitrogens with two attached hydrogens (primary N) is 1. The average molecular weight is 287 g/mol. The summed E-state index contributed by atoms with van der Waals surface area (Å²) in [4.78, 5) is 4.82. The summed E-state index contributed by atoms with van der Waals surface area (Å²) in [5.74, 6) is 1.81. The minimum absolute atomic E-state index is 0.132. The van der Waals surface area contributed by atoms with Crippen LogP contribution in [0.4, 0.5) is 5.82 Å². The summed E-state index contributed by atoms with van der Waals surface area (Å²) in [6.45, 7) is 9.12. The van der Waals surface area contributed by atoms with Crippen LogP contribution in [0.5, 0.6) is 0 Å². The molecule has 0 spiro atoms. The summed E-state index contributed by atoms with van der Waals surface area (Å²) in [5.41, 5.74) is 8.26. The van der Waals surface area contributed by atoms with E-state index in [1.807, 2.05) is 18.2 Å². The summed E-state index contributed by atoms with van der Waals surface area (Å²) in [6, 6.07) is 10.2. The van der Waals surface area contributed by atoms with Crippen molar-refractivity contribution < 1.29 is 4.74 Å². The van der Waals surface area contributed by atoms with Crippen LogP contribution < -0.4 is 5.73 Å². The highest BCUT2D eigenvalue weighted by Gasteiger charge is 2.26. The summed E-state index contributed by atoms with van der Waals surface area (Å²) < 4.78 is 7.36. The van der Waals surface area contributed by atoms with Gasteiger partial charge in [0.15, 0.2) is 0 Å². The molecule has 4 nitrogen and oxygen atoms in total. The maximum absolute atomic E-state index is 6.40. The number of rotatable bonds is 4. The molecule has 21 heavy (non-hydrogen) atoms. The highest BCUT2D eigenvalue weighted by atomic mass is 16.5. The van der Waals surface area contributed by atoms with Crippen molar-refractivity contribution in [2.45, 2.75) is 39.2 Å². The Morgan fingerprint density at radius 3 is 2.38 bits per heavy atom. The molecule has 1 heterocycles. The van der Waals surface area contributed by atoms with E-state index in [1.165, 1.54) is 0 Å². The van der Waals surface area contributed by atoms with E-state index in [9.17, 15) is 0 Å². The van der Waals surface area contributed by atoms with Gasteiger partial charge in [0.1, 0.15) is 11.6 Å². The molecule has 0 saturated carbocycles. The third-order valence-corrected chi connectivity index (χ3v) is 3.53. The second kappa shape index (κ2) is 5.90. The zero-order valence-corrected chi connectivity index (χ0v) is 13.6. The van der Waals surface area contributed by atoms with Gasteiger partial charge in [-0.15, -0.1) is 0 Å². The average Bonchev–Trinajstić information content (AvgIpc) is 2.77. The smallest absolute Gasteiger partial charge is 0.142 e. The summed E-state index contributed by atoms with van der Waals surface area (Å²) in [5, 5.41) is 0. The number of ether oxygens (including phenoxy) is 1. The molecular weight excluding hydrogens is 262 g/mol. The van der Waals surface area contributed by atoms with E-state index in [4.69, 9.17) is 15.5 Å². The number of aromatic nitrogens is 2. The van der Waals surface area contributed by atoms with Gasteiger partial charge in [-0.2, -0.15) is 0 Å². The Bertz CT molecular complexity index is 596. The van der Waals surface area contributed by atoms with Gasteiger partial charge in [-0.25, -0.2) is 4.98 Å². The topological polar surface area (TPSA) is 53.1 Å². The molecule has 0 aliphatic rings. The van der Waals surface area contributed by atoms with E-state index in [1.54, 1.807) is 7.11 Å². The lowest BCUT2D eigenvalue weighted by molar-refractivity contribution is 0.183. The summed E-state index contributed by atoms with van der Waals surface area (Å²) in [6.07, 6.45) is 0. The van der Waals surface area contributed by atoms with E-state index in [0.717, 1.165) is 22.9 Å². The van der Waals surface area contributed by atoms with E-state index in [-0.39, 0.29) is 11.5 Å². The lowest BCUT2D eigenvalue weighted by Gasteiger charge is -2.25. The third kappa shape index (κ3) is 3.10. The van der Waals surface area contributed by atoms with Gasteiger partial charge in [-0.05, 0) is 20.8 Å². The van der Waals surface area contributed by atoms with Crippen LogP contribution in [0.1, 0.15) is 39.3 Å². The SMILES string of the molecule is COCC(C)c1nc(-c2ccccc2)n(C(C)(C)C)c1N. The molecule has 0 aliphatic carbocycles. The van der Waals surface area contributed by atoms with E-state index < -0.39 is 0 Å². The second-order valence-corrected chi connectivity index (χ2v) is 6.43. The Balaban J connectivity index is 2.61. The van der Waals surface area contributed by atoms with Crippen molar-refractivity contribution in [3.8, 4) is 11.4 Å². The molecule has 2 N–H and O–H groups in total. The van der Waals surface area contributed by atoms with Crippen LogP contribution in [0.15, 0.2) is 30.3 Å². The fourth-order valence-corrected chi connectivity index (χ4v) is 2.60. The van der Waals surface area contributed by atoms with E-state index >= 15 is 0 Å². The first-order valence-electron chi connectivity index (χ1n) is 7.29. The number of methoxy groups -OCH3 is 1. The predicted molar refractivity (Wildman–Crippen MR) is 87.4 cm³/mol. The number of hydrogen-bond acceptors (Lipinski definition) is 3. The molecule has 0 fully saturated rings. The minimum Gasteiger partial charge on any atom is -0.384 e. The zero-order chi connectivity index (χ0) is 15.6. The van der Waals surface area contributed by atoms with Crippen molar-refractivity contribution in [2.75, 3.05) is 19.5 Å². The molecule has 4 heteroatoms. The molecule has 0 aliphatic heterocycles. The van der Waals surface area contributed by atoms with E-state index in [2.05, 4.69) is 44.4 Å². The predicted octanol–water partition coefficient (Wildman–Crippen LogP) is 3.64. The number of benzene rings is 1. The molecule has 0 saturated heterocycles. The fraction of sp³-hybridized carbons (Fsp3) is 0.471. The standard InChI is InChI=1S/C17H25N3O/c1-12(11-21-5)14-15(18)20(17(2,3)4)16(19-14)13-9-7-6-8-10-13/h6-10,12H,11,18H2,1-5H3. The second-order valence-electron chi connectivity index (χ2n) is 6.43. The Labute approximate surface area is 127 Å². The van der Waals surface area contributed by atoms with Crippen molar-refractivity contribution in [1.82, 2.24) is 9.55 Å². The first-order valence-corrected chi connectivity index (χ1v) is 7.29. The quantitative estimate of drug-likeness (QED) is 0.934. The summed E-state index contributed by atoms with van der Waals surface area (Å²) in [7, 11) is 1.70. The zero-order valence-electron chi connectivity index (χ0n) is 13.6. The molecule has 1 aromatic heterocycles. The number of nitrogens with zero attached hydrogens (tertiary/aromatic N) is 2. The van der Waals surface area contributed by atoms with Gasteiger partial charge < -0.3 is 15.0 Å². The molecule has 0 amide bonds. The Morgan fingerprint density at radius 1 is 1.24 bits per heavy atom. The van der Waals surface area contributed by atoms with Gasteiger partial charge in [-0.3, -0.25) is 0 Å². The van der Waals surface area contributed by atoms with Gasteiger partial charge >= 0.3 is 0 Å². The fourth-order valence-electron chi connectivity index (χ4n) is 2.60. The third-order valence-electron chi connectivity index (χ3n) is 3.53. The largest absolute Gasteiger partial charge is 0.384 e. The maximum Gasteiger partial charge on any atom is 0.142 e. The van der Waals surface area contributed by atoms with Crippen LogP contribution >= 0.6 is 0 Å². The summed E-state index contributed by atoms with van der Waals surface area (Å²) >= 11 is 0. The van der Waals surface area contributed by atoms with Crippen LogP contribution in [0.25, 0.3) is 11.4 Å². The Kier molecular flexibility index (Phi) is 4.37. The number of imidazole rings is 1. The first-order chi connectivity index (χ1) is 9.86. The van der Waals surface area contributed by atoms with Gasteiger partial charge in [0.25, 0.3) is 0 Å². The molecule has 114 valence electrons. The molecular formula is C17H25N3O. The molecule has 1 atom stereocenters. The number of nitrogen functional groups attached to an aromatic ring is 1. The first kappa shape index (κ1) is 15.6. The van der Waals surface area contributed by atoms with Crippen LogP contribution in [0.2, 0.25) is 0 Å². The number of anilines is 1. The molecule has 0 bridgehead atoms. The molecule has 2 aromatic rings. The monoisotopic (exact) mass is 287 g/mol.